The maximum Gasteiger partial charge on any atom is 0.0668 e. The van der Waals surface area contributed by atoms with Crippen LogP contribution in [0.5, 0.6) is 0 Å². The summed E-state index contributed by atoms with van der Waals surface area (Å²) < 4.78 is 5.68. The van der Waals surface area contributed by atoms with E-state index in [1.807, 2.05) is 6.20 Å². The van der Waals surface area contributed by atoms with E-state index in [1.165, 1.54) is 47.3 Å². The van der Waals surface area contributed by atoms with Crippen molar-refractivity contribution in [2.24, 2.45) is 0 Å². The first-order valence-corrected chi connectivity index (χ1v) is 11.5. The molecule has 1 aromatic carbocycles. The van der Waals surface area contributed by atoms with Gasteiger partial charge in [-0.1, -0.05) is 18.2 Å². The summed E-state index contributed by atoms with van der Waals surface area (Å²) in [5.41, 5.74) is 7.14. The number of hydrogen-bond donors (Lipinski definition) is 1. The molecule has 1 aliphatic carbocycles. The van der Waals surface area contributed by atoms with Crippen molar-refractivity contribution in [3.05, 3.63) is 58.9 Å². The molecular weight excluding hydrogens is 372 g/mol. The molecule has 0 radical (unpaired) electrons. The van der Waals surface area contributed by atoms with E-state index in [2.05, 4.69) is 59.4 Å². The molecular formula is C25H34N4O. The van der Waals surface area contributed by atoms with E-state index in [0.717, 1.165) is 39.3 Å². The van der Waals surface area contributed by atoms with Gasteiger partial charge in [0, 0.05) is 43.6 Å². The molecule has 0 unspecified atom stereocenters. The number of rotatable bonds is 4. The van der Waals surface area contributed by atoms with Gasteiger partial charge in [-0.15, -0.1) is 0 Å². The third-order valence-corrected chi connectivity index (χ3v) is 7.16. The van der Waals surface area contributed by atoms with E-state index in [-0.39, 0.29) is 0 Å². The van der Waals surface area contributed by atoms with Crippen molar-refractivity contribution in [3.63, 3.8) is 0 Å². The second-order valence-electron chi connectivity index (χ2n) is 9.21. The molecule has 30 heavy (non-hydrogen) atoms. The minimum Gasteiger partial charge on any atom is -0.377 e. The fraction of sp³-hybridized carbons (Fsp3) is 0.560. The molecule has 5 rings (SSSR count). The van der Waals surface area contributed by atoms with E-state index < -0.39 is 0 Å². The van der Waals surface area contributed by atoms with Gasteiger partial charge < -0.3 is 15.0 Å². The Morgan fingerprint density at radius 3 is 3.03 bits per heavy atom. The van der Waals surface area contributed by atoms with Crippen molar-refractivity contribution < 1.29 is 4.74 Å². The number of likely N-dealkylation sites (N-methyl/N-ethyl adjacent to an activating group) is 1. The maximum absolute atomic E-state index is 5.68. The summed E-state index contributed by atoms with van der Waals surface area (Å²) in [7, 11) is 2.28. The molecule has 3 atom stereocenters. The van der Waals surface area contributed by atoms with E-state index in [1.54, 1.807) is 0 Å². The molecule has 0 amide bonds. The number of aromatic nitrogens is 1. The number of ether oxygens (including phenoxy) is 1. The quantitative estimate of drug-likeness (QED) is 0.843. The summed E-state index contributed by atoms with van der Waals surface area (Å²) >= 11 is 0. The van der Waals surface area contributed by atoms with Crippen molar-refractivity contribution in [1.29, 1.82) is 0 Å². The molecule has 2 aromatic rings. The van der Waals surface area contributed by atoms with Crippen molar-refractivity contribution in [2.45, 2.75) is 57.3 Å². The predicted molar refractivity (Wildman–Crippen MR) is 121 cm³/mol. The zero-order valence-corrected chi connectivity index (χ0v) is 18.3. The lowest BCUT2D eigenvalue weighted by molar-refractivity contribution is 0.0988. The zero-order valence-electron chi connectivity index (χ0n) is 18.3. The number of fused-ring (bicyclic) bond motifs is 2. The minimum atomic E-state index is 0.436. The summed E-state index contributed by atoms with van der Waals surface area (Å²) in [4.78, 5) is 9.84. The summed E-state index contributed by atoms with van der Waals surface area (Å²) in [5.74, 6) is 0. The number of anilines is 1. The van der Waals surface area contributed by atoms with E-state index >= 15 is 0 Å². The first-order chi connectivity index (χ1) is 14.7. The van der Waals surface area contributed by atoms with Crippen LogP contribution >= 0.6 is 0 Å². The van der Waals surface area contributed by atoms with Gasteiger partial charge in [-0.05, 0) is 68.5 Å². The number of hydrogen-bond acceptors (Lipinski definition) is 5. The predicted octanol–water partition coefficient (Wildman–Crippen LogP) is 3.33. The van der Waals surface area contributed by atoms with Crippen LogP contribution in [0.15, 0.2) is 36.5 Å². The van der Waals surface area contributed by atoms with Gasteiger partial charge >= 0.3 is 0 Å². The minimum absolute atomic E-state index is 0.436. The lowest BCUT2D eigenvalue weighted by Gasteiger charge is -2.40. The van der Waals surface area contributed by atoms with Gasteiger partial charge in [0.25, 0.3) is 0 Å². The van der Waals surface area contributed by atoms with Gasteiger partial charge in [0.1, 0.15) is 0 Å². The molecule has 0 spiro atoms. The molecule has 160 valence electrons. The van der Waals surface area contributed by atoms with Crippen LogP contribution in [0.4, 0.5) is 5.69 Å². The van der Waals surface area contributed by atoms with Crippen LogP contribution in [0.1, 0.15) is 48.2 Å². The van der Waals surface area contributed by atoms with E-state index in [9.17, 15) is 0 Å². The molecule has 3 aliphatic rings. The molecule has 5 heteroatoms. The number of benzene rings is 1. The summed E-state index contributed by atoms with van der Waals surface area (Å²) in [6, 6.07) is 12.5. The number of nitrogens with zero attached hydrogens (tertiary/aromatic N) is 3. The van der Waals surface area contributed by atoms with Crippen molar-refractivity contribution in [2.75, 3.05) is 38.3 Å². The summed E-state index contributed by atoms with van der Waals surface area (Å²) in [6.07, 6.45) is 6.68. The van der Waals surface area contributed by atoms with Crippen LogP contribution in [-0.4, -0.2) is 55.3 Å². The highest BCUT2D eigenvalue weighted by molar-refractivity contribution is 5.59. The third-order valence-electron chi connectivity index (χ3n) is 7.16. The van der Waals surface area contributed by atoms with Crippen LogP contribution in [-0.2, 0) is 24.1 Å². The summed E-state index contributed by atoms with van der Waals surface area (Å²) in [5, 5.41) is 3.81. The molecule has 3 heterocycles. The second kappa shape index (κ2) is 8.66. The van der Waals surface area contributed by atoms with Crippen LogP contribution in [0.25, 0.3) is 0 Å². The van der Waals surface area contributed by atoms with Gasteiger partial charge in [-0.2, -0.15) is 0 Å². The highest BCUT2D eigenvalue weighted by Crippen LogP contribution is 2.34. The molecule has 1 saturated heterocycles. The number of aryl methyl sites for hydroxylation is 1. The van der Waals surface area contributed by atoms with Crippen LogP contribution < -0.4 is 10.2 Å². The smallest absolute Gasteiger partial charge is 0.0668 e. The fourth-order valence-corrected chi connectivity index (χ4v) is 5.57. The monoisotopic (exact) mass is 406 g/mol. The van der Waals surface area contributed by atoms with Gasteiger partial charge in [0.15, 0.2) is 0 Å². The molecule has 1 fully saturated rings. The van der Waals surface area contributed by atoms with Crippen molar-refractivity contribution in [1.82, 2.24) is 15.2 Å². The first kappa shape index (κ1) is 20.0. The molecule has 0 bridgehead atoms. The largest absolute Gasteiger partial charge is 0.377 e. The zero-order chi connectivity index (χ0) is 20.5. The molecule has 1 N–H and O–H groups in total. The second-order valence-corrected chi connectivity index (χ2v) is 9.21. The van der Waals surface area contributed by atoms with Crippen molar-refractivity contribution >= 4 is 5.69 Å². The third kappa shape index (κ3) is 3.86. The summed E-state index contributed by atoms with van der Waals surface area (Å²) in [6.45, 7) is 6.92. The Morgan fingerprint density at radius 2 is 2.13 bits per heavy atom. The standard InChI is InChI=1S/C25H34N4O/c1-18-17-30-13-12-29(18)23-9-4-7-20-15-27-21(14-22(20)23)16-28(2)24-10-3-6-19-8-5-11-26-25(19)24/h4-5,7-9,11,18,21,24,27H,3,6,10,12-17H2,1-2H3/t18-,21-,24+/m1/s1. The number of pyridine rings is 1. The van der Waals surface area contributed by atoms with Crippen molar-refractivity contribution in [3.8, 4) is 0 Å². The van der Waals surface area contributed by atoms with E-state index in [0.29, 0.717) is 18.1 Å². The Labute approximate surface area is 180 Å². The van der Waals surface area contributed by atoms with Crippen LogP contribution in [0, 0.1) is 0 Å². The van der Waals surface area contributed by atoms with Crippen LogP contribution in [0.2, 0.25) is 0 Å². The van der Waals surface area contributed by atoms with Gasteiger partial charge in [0.2, 0.25) is 0 Å². The Morgan fingerprint density at radius 1 is 1.23 bits per heavy atom. The normalized spacial score (nSPS) is 26.4. The van der Waals surface area contributed by atoms with E-state index in [4.69, 9.17) is 9.72 Å². The molecule has 0 saturated carbocycles. The fourth-order valence-electron chi connectivity index (χ4n) is 5.57. The maximum atomic E-state index is 5.68. The molecule has 5 nitrogen and oxygen atoms in total. The van der Waals surface area contributed by atoms with Crippen LogP contribution in [0.3, 0.4) is 0 Å². The lowest BCUT2D eigenvalue weighted by Crippen LogP contribution is -2.47. The Bertz CT molecular complexity index is 885. The van der Waals surface area contributed by atoms with Gasteiger partial charge in [-0.3, -0.25) is 9.88 Å². The lowest BCUT2D eigenvalue weighted by atomic mass is 9.89. The molecule has 2 aliphatic heterocycles. The number of nitrogens with one attached hydrogen (secondary N) is 1. The Balaban J connectivity index is 1.33. The average molecular weight is 407 g/mol. The van der Waals surface area contributed by atoms with Gasteiger partial charge in [-0.25, -0.2) is 0 Å². The highest BCUT2D eigenvalue weighted by Gasteiger charge is 2.30. The highest BCUT2D eigenvalue weighted by atomic mass is 16.5. The first-order valence-electron chi connectivity index (χ1n) is 11.5. The Hall–Kier alpha value is -1.95. The van der Waals surface area contributed by atoms with Gasteiger partial charge in [0.05, 0.1) is 24.9 Å². The number of morpholine rings is 1. The topological polar surface area (TPSA) is 40.6 Å². The molecule has 1 aromatic heterocycles. The Kier molecular flexibility index (Phi) is 5.77. The average Bonchev–Trinajstić information content (AvgIpc) is 2.79. The SMILES string of the molecule is C[C@@H]1COCCN1c1cccc2c1C[C@H](CN(C)[C@H]1CCCc3cccnc31)NC2.